The number of ether oxygens (including phenoxy) is 2. The molecular formula is C20H39IN4O2. The van der Waals surface area contributed by atoms with Crippen molar-refractivity contribution in [3.8, 4) is 0 Å². The molecule has 1 saturated carbocycles. The highest BCUT2D eigenvalue weighted by Crippen LogP contribution is 2.34. The van der Waals surface area contributed by atoms with E-state index in [1.165, 1.54) is 32.1 Å². The zero-order valence-electron chi connectivity index (χ0n) is 17.3. The Labute approximate surface area is 182 Å². The number of rotatable bonds is 5. The van der Waals surface area contributed by atoms with Gasteiger partial charge in [0.1, 0.15) is 0 Å². The highest BCUT2D eigenvalue weighted by Gasteiger charge is 2.39. The fourth-order valence-electron chi connectivity index (χ4n) is 4.90. The largest absolute Gasteiger partial charge is 0.379 e. The molecule has 2 aliphatic heterocycles. The summed E-state index contributed by atoms with van der Waals surface area (Å²) in [6.45, 7) is 9.87. The molecule has 0 aromatic carbocycles. The van der Waals surface area contributed by atoms with E-state index in [1.807, 2.05) is 7.05 Å². The molecule has 2 saturated heterocycles. The van der Waals surface area contributed by atoms with Gasteiger partial charge in [-0.1, -0.05) is 19.3 Å². The van der Waals surface area contributed by atoms with Crippen LogP contribution < -0.4 is 5.32 Å². The molecule has 6 nitrogen and oxygen atoms in total. The van der Waals surface area contributed by atoms with E-state index >= 15 is 0 Å². The fourth-order valence-corrected chi connectivity index (χ4v) is 4.90. The van der Waals surface area contributed by atoms with Gasteiger partial charge in [0.15, 0.2) is 5.96 Å². The van der Waals surface area contributed by atoms with Crippen LogP contribution in [0.4, 0.5) is 0 Å². The first-order valence-electron chi connectivity index (χ1n) is 10.7. The average molecular weight is 494 g/mol. The van der Waals surface area contributed by atoms with Gasteiger partial charge in [0.2, 0.25) is 0 Å². The van der Waals surface area contributed by atoms with E-state index < -0.39 is 0 Å². The molecule has 3 rings (SSSR count). The van der Waals surface area contributed by atoms with Crippen molar-refractivity contribution in [1.82, 2.24) is 15.1 Å². The normalized spacial score (nSPS) is 25.1. The van der Waals surface area contributed by atoms with E-state index in [4.69, 9.17) is 9.47 Å². The summed E-state index contributed by atoms with van der Waals surface area (Å²) in [6, 6.07) is 0. The van der Waals surface area contributed by atoms with Crippen LogP contribution in [0.3, 0.4) is 0 Å². The smallest absolute Gasteiger partial charge is 0.193 e. The number of hydrogen-bond acceptors (Lipinski definition) is 4. The minimum absolute atomic E-state index is 0. The third-order valence-corrected chi connectivity index (χ3v) is 6.40. The predicted octanol–water partition coefficient (Wildman–Crippen LogP) is 2.72. The number of piperidine rings is 1. The van der Waals surface area contributed by atoms with Crippen molar-refractivity contribution >= 4 is 29.9 Å². The Kier molecular flexibility index (Phi) is 10.1. The van der Waals surface area contributed by atoms with Crippen molar-refractivity contribution in [3.63, 3.8) is 0 Å². The molecule has 0 radical (unpaired) electrons. The van der Waals surface area contributed by atoms with E-state index in [0.717, 1.165) is 71.3 Å². The molecule has 0 aromatic rings. The first kappa shape index (κ1) is 23.2. The Morgan fingerprint density at radius 2 is 1.78 bits per heavy atom. The molecule has 27 heavy (non-hydrogen) atoms. The van der Waals surface area contributed by atoms with Gasteiger partial charge in [-0.15, -0.1) is 24.0 Å². The molecule has 3 aliphatic rings. The third-order valence-electron chi connectivity index (χ3n) is 6.40. The number of hydrogen-bond donors (Lipinski definition) is 1. The SMILES string of the molecule is CCOC1CCN(C(=NC)NCC2(N3CCOCC3)CCCCC2)CC1.I. The highest BCUT2D eigenvalue weighted by molar-refractivity contribution is 14.0. The first-order valence-corrected chi connectivity index (χ1v) is 10.7. The fraction of sp³-hybridized carbons (Fsp3) is 0.950. The Morgan fingerprint density at radius 1 is 1.11 bits per heavy atom. The summed E-state index contributed by atoms with van der Waals surface area (Å²) >= 11 is 0. The Hall–Kier alpha value is -0.120. The van der Waals surface area contributed by atoms with Crippen molar-refractivity contribution in [3.05, 3.63) is 0 Å². The highest BCUT2D eigenvalue weighted by atomic mass is 127. The standard InChI is InChI=1S/C20H38N4O2.HI/c1-3-26-18-7-11-23(12-8-18)19(21-2)22-17-20(9-5-4-6-10-20)24-13-15-25-16-14-24;/h18H,3-17H2,1-2H3,(H,21,22);1H. The maximum Gasteiger partial charge on any atom is 0.193 e. The lowest BCUT2D eigenvalue weighted by molar-refractivity contribution is -0.0355. The summed E-state index contributed by atoms with van der Waals surface area (Å²) in [4.78, 5) is 9.69. The van der Waals surface area contributed by atoms with E-state index in [9.17, 15) is 0 Å². The molecule has 0 bridgehead atoms. The lowest BCUT2D eigenvalue weighted by Crippen LogP contribution is -2.61. The minimum Gasteiger partial charge on any atom is -0.379 e. The monoisotopic (exact) mass is 494 g/mol. The van der Waals surface area contributed by atoms with Gasteiger partial charge in [-0.2, -0.15) is 0 Å². The maximum atomic E-state index is 5.79. The Bertz CT molecular complexity index is 443. The molecule has 7 heteroatoms. The summed E-state index contributed by atoms with van der Waals surface area (Å²) in [6.07, 6.45) is 9.28. The van der Waals surface area contributed by atoms with Crippen LogP contribution in [0.15, 0.2) is 4.99 Å². The number of morpholine rings is 1. The van der Waals surface area contributed by atoms with Crippen LogP contribution in [0, 0.1) is 0 Å². The summed E-state index contributed by atoms with van der Waals surface area (Å²) in [7, 11) is 1.92. The minimum atomic E-state index is 0. The Morgan fingerprint density at radius 3 is 2.37 bits per heavy atom. The molecule has 0 atom stereocenters. The van der Waals surface area contributed by atoms with Crippen molar-refractivity contribution in [2.24, 2.45) is 4.99 Å². The van der Waals surface area contributed by atoms with Crippen LogP contribution in [-0.2, 0) is 9.47 Å². The van der Waals surface area contributed by atoms with Gasteiger partial charge in [0.25, 0.3) is 0 Å². The van der Waals surface area contributed by atoms with E-state index in [0.29, 0.717) is 6.10 Å². The molecule has 0 spiro atoms. The van der Waals surface area contributed by atoms with Gasteiger partial charge in [-0.25, -0.2) is 0 Å². The zero-order valence-corrected chi connectivity index (χ0v) is 19.6. The van der Waals surface area contributed by atoms with Crippen LogP contribution in [0.1, 0.15) is 51.9 Å². The second-order valence-electron chi connectivity index (χ2n) is 7.93. The number of guanidine groups is 1. The molecule has 2 heterocycles. The topological polar surface area (TPSA) is 49.3 Å². The van der Waals surface area contributed by atoms with Crippen molar-refractivity contribution in [1.29, 1.82) is 0 Å². The number of halogens is 1. The second kappa shape index (κ2) is 11.8. The number of nitrogens with zero attached hydrogens (tertiary/aromatic N) is 3. The molecule has 0 amide bonds. The van der Waals surface area contributed by atoms with Crippen LogP contribution in [0.25, 0.3) is 0 Å². The van der Waals surface area contributed by atoms with Crippen molar-refractivity contribution in [2.45, 2.75) is 63.5 Å². The summed E-state index contributed by atoms with van der Waals surface area (Å²) in [5.41, 5.74) is 0.279. The lowest BCUT2D eigenvalue weighted by atomic mass is 9.79. The molecular weight excluding hydrogens is 455 g/mol. The Balaban J connectivity index is 0.00000261. The van der Waals surface area contributed by atoms with E-state index in [-0.39, 0.29) is 29.5 Å². The summed E-state index contributed by atoms with van der Waals surface area (Å²) in [5, 5.41) is 3.75. The predicted molar refractivity (Wildman–Crippen MR) is 121 cm³/mol. The van der Waals surface area contributed by atoms with Crippen molar-refractivity contribution in [2.75, 3.05) is 59.6 Å². The van der Waals surface area contributed by atoms with Crippen LogP contribution in [0.2, 0.25) is 0 Å². The van der Waals surface area contributed by atoms with Gasteiger partial charge >= 0.3 is 0 Å². The van der Waals surface area contributed by atoms with Gasteiger partial charge < -0.3 is 19.7 Å². The quantitative estimate of drug-likeness (QED) is 0.362. The van der Waals surface area contributed by atoms with Crippen LogP contribution >= 0.6 is 24.0 Å². The van der Waals surface area contributed by atoms with Gasteiger partial charge in [0, 0.05) is 51.9 Å². The molecule has 3 fully saturated rings. The summed E-state index contributed by atoms with van der Waals surface area (Å²) < 4.78 is 11.4. The van der Waals surface area contributed by atoms with E-state index in [1.54, 1.807) is 0 Å². The maximum absolute atomic E-state index is 5.79. The lowest BCUT2D eigenvalue weighted by Gasteiger charge is -2.48. The van der Waals surface area contributed by atoms with Gasteiger partial charge in [0.05, 0.1) is 19.3 Å². The van der Waals surface area contributed by atoms with Crippen molar-refractivity contribution < 1.29 is 9.47 Å². The molecule has 0 unspecified atom stereocenters. The van der Waals surface area contributed by atoms with Gasteiger partial charge in [-0.3, -0.25) is 9.89 Å². The van der Waals surface area contributed by atoms with Crippen LogP contribution in [0.5, 0.6) is 0 Å². The third kappa shape index (κ3) is 6.18. The van der Waals surface area contributed by atoms with Crippen LogP contribution in [-0.4, -0.2) is 87.0 Å². The van der Waals surface area contributed by atoms with E-state index in [2.05, 4.69) is 27.0 Å². The number of likely N-dealkylation sites (tertiary alicyclic amines) is 1. The molecule has 1 aliphatic carbocycles. The first-order chi connectivity index (χ1) is 12.8. The molecule has 0 aromatic heterocycles. The number of aliphatic imine (C=N–C) groups is 1. The second-order valence-corrected chi connectivity index (χ2v) is 7.93. The molecule has 158 valence electrons. The zero-order chi connectivity index (χ0) is 18.2. The summed E-state index contributed by atoms with van der Waals surface area (Å²) in [5.74, 6) is 1.07. The average Bonchev–Trinajstić information content (AvgIpc) is 2.71. The molecule has 1 N–H and O–H groups in total. The number of nitrogens with one attached hydrogen (secondary N) is 1. The van der Waals surface area contributed by atoms with Gasteiger partial charge in [-0.05, 0) is 32.6 Å².